The van der Waals surface area contributed by atoms with Crippen molar-refractivity contribution in [1.29, 1.82) is 0 Å². The minimum atomic E-state index is -0.492. The molecular formula is C15H22N2O2. The van der Waals surface area contributed by atoms with Crippen molar-refractivity contribution in [3.8, 4) is 0 Å². The molecule has 0 fully saturated rings. The molecule has 104 valence electrons. The van der Waals surface area contributed by atoms with Crippen molar-refractivity contribution in [2.45, 2.75) is 37.8 Å². The fraction of sp³-hybridized carbons (Fsp3) is 0.533. The average Bonchev–Trinajstić information content (AvgIpc) is 2.45. The lowest BCUT2D eigenvalue weighted by atomic mass is 9.87. The monoisotopic (exact) mass is 262 g/mol. The first-order valence-corrected chi connectivity index (χ1v) is 6.85. The lowest BCUT2D eigenvalue weighted by Gasteiger charge is -2.27. The summed E-state index contributed by atoms with van der Waals surface area (Å²) in [6, 6.07) is 7.92. The van der Waals surface area contributed by atoms with Crippen molar-refractivity contribution in [3.05, 3.63) is 35.4 Å². The predicted molar refractivity (Wildman–Crippen MR) is 74.7 cm³/mol. The van der Waals surface area contributed by atoms with Gasteiger partial charge in [0.25, 0.3) is 0 Å². The quantitative estimate of drug-likeness (QED) is 0.846. The summed E-state index contributed by atoms with van der Waals surface area (Å²) in [5.41, 5.74) is 8.42. The van der Waals surface area contributed by atoms with Crippen molar-refractivity contribution in [2.24, 2.45) is 5.73 Å². The van der Waals surface area contributed by atoms with Gasteiger partial charge in [-0.3, -0.25) is 4.79 Å². The van der Waals surface area contributed by atoms with E-state index in [4.69, 9.17) is 10.5 Å². The van der Waals surface area contributed by atoms with E-state index in [2.05, 4.69) is 17.4 Å². The van der Waals surface area contributed by atoms with E-state index in [-0.39, 0.29) is 11.9 Å². The molecule has 0 aromatic heterocycles. The van der Waals surface area contributed by atoms with Gasteiger partial charge in [-0.15, -0.1) is 0 Å². The fourth-order valence-corrected chi connectivity index (χ4v) is 2.56. The minimum Gasteiger partial charge on any atom is -0.385 e. The average molecular weight is 262 g/mol. The number of benzene rings is 1. The molecule has 0 spiro atoms. The van der Waals surface area contributed by atoms with Crippen LogP contribution in [0.25, 0.3) is 0 Å². The van der Waals surface area contributed by atoms with Crippen molar-refractivity contribution in [1.82, 2.24) is 5.32 Å². The third-order valence-electron chi connectivity index (χ3n) is 3.66. The molecule has 1 aliphatic rings. The number of hydrogen-bond acceptors (Lipinski definition) is 3. The zero-order valence-electron chi connectivity index (χ0n) is 11.4. The van der Waals surface area contributed by atoms with Gasteiger partial charge in [0.05, 0.1) is 12.1 Å². The predicted octanol–water partition coefficient (Wildman–Crippen LogP) is 1.54. The second-order valence-corrected chi connectivity index (χ2v) is 5.04. The second-order valence-electron chi connectivity index (χ2n) is 5.04. The lowest BCUT2D eigenvalue weighted by molar-refractivity contribution is -0.123. The summed E-state index contributed by atoms with van der Waals surface area (Å²) in [6.45, 7) is 0.510. The number of ether oxygens (including phenoxy) is 1. The van der Waals surface area contributed by atoms with E-state index in [0.29, 0.717) is 13.0 Å². The molecule has 3 N–H and O–H groups in total. The molecule has 1 amide bonds. The van der Waals surface area contributed by atoms with Gasteiger partial charge in [-0.05, 0) is 36.8 Å². The van der Waals surface area contributed by atoms with Crippen molar-refractivity contribution >= 4 is 5.91 Å². The van der Waals surface area contributed by atoms with Crippen LogP contribution >= 0.6 is 0 Å². The van der Waals surface area contributed by atoms with Gasteiger partial charge in [0.1, 0.15) is 0 Å². The third kappa shape index (κ3) is 3.55. The highest BCUT2D eigenvalue weighted by atomic mass is 16.5. The van der Waals surface area contributed by atoms with E-state index in [0.717, 1.165) is 19.3 Å². The highest BCUT2D eigenvalue weighted by molar-refractivity contribution is 5.82. The van der Waals surface area contributed by atoms with E-state index >= 15 is 0 Å². The van der Waals surface area contributed by atoms with Crippen LogP contribution in [-0.2, 0) is 16.0 Å². The molecule has 1 aromatic rings. The van der Waals surface area contributed by atoms with Gasteiger partial charge in [-0.1, -0.05) is 24.3 Å². The fourth-order valence-electron chi connectivity index (χ4n) is 2.56. The SMILES string of the molecule is COCCC(N)C(=O)NC1CCCc2ccccc21. The molecule has 2 rings (SSSR count). The molecule has 19 heavy (non-hydrogen) atoms. The second kappa shape index (κ2) is 6.68. The van der Waals surface area contributed by atoms with Crippen molar-refractivity contribution in [2.75, 3.05) is 13.7 Å². The molecule has 1 aliphatic carbocycles. The third-order valence-corrected chi connectivity index (χ3v) is 3.66. The Morgan fingerprint density at radius 1 is 1.53 bits per heavy atom. The highest BCUT2D eigenvalue weighted by Crippen LogP contribution is 2.29. The van der Waals surface area contributed by atoms with Crippen LogP contribution in [0.2, 0.25) is 0 Å². The zero-order valence-corrected chi connectivity index (χ0v) is 11.4. The summed E-state index contributed by atoms with van der Waals surface area (Å²) < 4.78 is 4.95. The van der Waals surface area contributed by atoms with E-state index in [9.17, 15) is 4.79 Å². The number of carbonyl (C=O) groups is 1. The van der Waals surface area contributed by atoms with Crippen molar-refractivity contribution in [3.63, 3.8) is 0 Å². The first-order valence-electron chi connectivity index (χ1n) is 6.85. The Morgan fingerprint density at radius 3 is 3.11 bits per heavy atom. The molecule has 4 nitrogen and oxygen atoms in total. The molecule has 2 unspecified atom stereocenters. The number of hydrogen-bond donors (Lipinski definition) is 2. The maximum atomic E-state index is 12.0. The normalized spacial score (nSPS) is 19.6. The number of fused-ring (bicyclic) bond motifs is 1. The topological polar surface area (TPSA) is 64.3 Å². The minimum absolute atomic E-state index is 0.0845. The number of aryl methyl sites for hydroxylation is 1. The molecular weight excluding hydrogens is 240 g/mol. The van der Waals surface area contributed by atoms with E-state index in [1.165, 1.54) is 11.1 Å². The Labute approximate surface area is 114 Å². The van der Waals surface area contributed by atoms with Gasteiger partial charge in [0.15, 0.2) is 0 Å². The number of rotatable bonds is 5. The molecule has 0 radical (unpaired) electrons. The molecule has 4 heteroatoms. The van der Waals surface area contributed by atoms with Crippen LogP contribution in [-0.4, -0.2) is 25.7 Å². The number of methoxy groups -OCH3 is 1. The Kier molecular flexibility index (Phi) is 4.93. The molecule has 2 atom stereocenters. The maximum Gasteiger partial charge on any atom is 0.237 e. The number of carbonyl (C=O) groups excluding carboxylic acids is 1. The van der Waals surface area contributed by atoms with E-state index < -0.39 is 6.04 Å². The number of nitrogens with two attached hydrogens (primary N) is 1. The Morgan fingerprint density at radius 2 is 2.32 bits per heavy atom. The summed E-state index contributed by atoms with van der Waals surface area (Å²) in [7, 11) is 1.61. The Bertz CT molecular complexity index is 434. The number of amides is 1. The highest BCUT2D eigenvalue weighted by Gasteiger charge is 2.23. The van der Waals surface area contributed by atoms with Crippen LogP contribution in [0.3, 0.4) is 0 Å². The summed E-state index contributed by atoms with van der Waals surface area (Å²) in [6.07, 6.45) is 3.74. The molecule has 0 saturated heterocycles. The van der Waals surface area contributed by atoms with Crippen LogP contribution in [0, 0.1) is 0 Å². The largest absolute Gasteiger partial charge is 0.385 e. The van der Waals surface area contributed by atoms with Gasteiger partial charge in [-0.25, -0.2) is 0 Å². The molecule has 0 aliphatic heterocycles. The van der Waals surface area contributed by atoms with Crippen LogP contribution in [0.1, 0.15) is 36.4 Å². The van der Waals surface area contributed by atoms with Crippen LogP contribution in [0.15, 0.2) is 24.3 Å². The first kappa shape index (κ1) is 14.0. The summed E-state index contributed by atoms with van der Waals surface area (Å²) in [5.74, 6) is -0.0845. The maximum absolute atomic E-state index is 12.0. The van der Waals surface area contributed by atoms with E-state index in [1.54, 1.807) is 7.11 Å². The van der Waals surface area contributed by atoms with Crippen molar-refractivity contribution < 1.29 is 9.53 Å². The number of nitrogens with one attached hydrogen (secondary N) is 1. The van der Waals surface area contributed by atoms with E-state index in [1.807, 2.05) is 12.1 Å². The zero-order chi connectivity index (χ0) is 13.7. The molecule has 0 saturated carbocycles. The van der Waals surface area contributed by atoms with Gasteiger partial charge < -0.3 is 15.8 Å². The van der Waals surface area contributed by atoms with Crippen LogP contribution in [0.5, 0.6) is 0 Å². The van der Waals surface area contributed by atoms with Crippen LogP contribution < -0.4 is 11.1 Å². The lowest BCUT2D eigenvalue weighted by Crippen LogP contribution is -2.43. The summed E-state index contributed by atoms with van der Waals surface area (Å²) >= 11 is 0. The van der Waals surface area contributed by atoms with Gasteiger partial charge in [-0.2, -0.15) is 0 Å². The smallest absolute Gasteiger partial charge is 0.237 e. The molecule has 1 aromatic carbocycles. The van der Waals surface area contributed by atoms with Gasteiger partial charge >= 0.3 is 0 Å². The Balaban J connectivity index is 1.98. The molecule has 0 bridgehead atoms. The van der Waals surface area contributed by atoms with Gasteiger partial charge in [0, 0.05) is 13.7 Å². The summed E-state index contributed by atoms with van der Waals surface area (Å²) in [5, 5.41) is 3.06. The van der Waals surface area contributed by atoms with Gasteiger partial charge in [0.2, 0.25) is 5.91 Å². The molecule has 0 heterocycles. The Hall–Kier alpha value is -1.39. The summed E-state index contributed by atoms with van der Waals surface area (Å²) in [4.78, 5) is 12.0. The van der Waals surface area contributed by atoms with Crippen LogP contribution in [0.4, 0.5) is 0 Å². The standard InChI is InChI=1S/C15H22N2O2/c1-19-10-9-13(16)15(18)17-14-8-4-6-11-5-2-3-7-12(11)14/h2-3,5,7,13-14H,4,6,8-10,16H2,1H3,(H,17,18). The first-order chi connectivity index (χ1) is 9.22.